The molecule has 1 unspecified atom stereocenters. The lowest BCUT2D eigenvalue weighted by Crippen LogP contribution is -2.12. The van der Waals surface area contributed by atoms with E-state index in [9.17, 15) is 4.79 Å². The zero-order chi connectivity index (χ0) is 19.6. The Hall–Kier alpha value is -2.62. The number of Topliss-reactive ketones (excluding diaryl/α,β-unsaturated/α-hetero) is 1. The molecule has 27 heavy (non-hydrogen) atoms. The van der Waals surface area contributed by atoms with Gasteiger partial charge in [-0.25, -0.2) is 4.98 Å². The molecule has 3 aromatic rings. The number of fused-ring (bicyclic) bond motifs is 1. The molecule has 0 aliphatic carbocycles. The minimum Gasteiger partial charge on any atom is -0.493 e. The first kappa shape index (κ1) is 19.2. The lowest BCUT2D eigenvalue weighted by atomic mass is 9.86. The Labute approximate surface area is 160 Å². The minimum absolute atomic E-state index is 0.141. The third-order valence-corrected chi connectivity index (χ3v) is 5.10. The van der Waals surface area contributed by atoms with Crippen LogP contribution in [0.15, 0.2) is 47.2 Å². The quantitative estimate of drug-likeness (QED) is 0.584. The highest BCUT2D eigenvalue weighted by Crippen LogP contribution is 2.31. The van der Waals surface area contributed by atoms with Crippen LogP contribution in [0, 0.1) is 0 Å². The fourth-order valence-corrected chi connectivity index (χ4v) is 3.20. The zero-order valence-corrected chi connectivity index (χ0v) is 16.7. The van der Waals surface area contributed by atoms with E-state index in [4.69, 9.17) is 9.15 Å². The number of aromatic nitrogens is 1. The van der Waals surface area contributed by atoms with Crippen molar-refractivity contribution < 1.29 is 13.9 Å². The number of aryl methyl sites for hydroxylation is 1. The monoisotopic (exact) mass is 365 g/mol. The van der Waals surface area contributed by atoms with Gasteiger partial charge >= 0.3 is 0 Å². The Balaban J connectivity index is 1.69. The molecule has 4 nitrogen and oxygen atoms in total. The summed E-state index contributed by atoms with van der Waals surface area (Å²) in [6.07, 6.45) is 2.65. The van der Waals surface area contributed by atoms with Gasteiger partial charge in [0, 0.05) is 12.3 Å². The summed E-state index contributed by atoms with van der Waals surface area (Å²) < 4.78 is 10.7. The first-order chi connectivity index (χ1) is 12.8. The smallest absolute Gasteiger partial charge is 0.196 e. The number of nitrogens with zero attached hydrogens (tertiary/aromatic N) is 1. The van der Waals surface area contributed by atoms with Gasteiger partial charge in [0.25, 0.3) is 0 Å². The van der Waals surface area contributed by atoms with E-state index in [2.05, 4.69) is 50.0 Å². The Kier molecular flexibility index (Phi) is 5.36. The summed E-state index contributed by atoms with van der Waals surface area (Å²) in [5, 5.41) is 0. The van der Waals surface area contributed by atoms with E-state index >= 15 is 0 Å². The Bertz CT molecular complexity index is 932. The molecule has 142 valence electrons. The average molecular weight is 365 g/mol. The summed E-state index contributed by atoms with van der Waals surface area (Å²) in [5.74, 6) is 0.603. The van der Waals surface area contributed by atoms with Crippen molar-refractivity contribution in [2.24, 2.45) is 0 Å². The summed E-state index contributed by atoms with van der Waals surface area (Å²) in [6, 6.07) is 12.3. The van der Waals surface area contributed by atoms with Crippen LogP contribution in [0.5, 0.6) is 5.75 Å². The summed E-state index contributed by atoms with van der Waals surface area (Å²) in [5.41, 5.74) is 4.86. The largest absolute Gasteiger partial charge is 0.493 e. The second-order valence-electron chi connectivity index (χ2n) is 8.06. The molecule has 0 amide bonds. The molecule has 0 radical (unpaired) electrons. The molecule has 1 aromatic heterocycles. The van der Waals surface area contributed by atoms with Crippen LogP contribution in [0.25, 0.3) is 11.1 Å². The molecule has 0 saturated carbocycles. The van der Waals surface area contributed by atoms with Crippen LogP contribution in [-0.4, -0.2) is 17.9 Å². The number of carbonyl (C=O) groups excluding carboxylic acids is 1. The van der Waals surface area contributed by atoms with E-state index in [0.29, 0.717) is 23.3 Å². The van der Waals surface area contributed by atoms with E-state index < -0.39 is 0 Å². The van der Waals surface area contributed by atoms with Gasteiger partial charge in [0.2, 0.25) is 0 Å². The third-order valence-electron chi connectivity index (χ3n) is 5.10. The average Bonchev–Trinajstić information content (AvgIpc) is 3.13. The number of benzene rings is 2. The highest BCUT2D eigenvalue weighted by molar-refractivity contribution is 5.88. The summed E-state index contributed by atoms with van der Waals surface area (Å²) in [6.45, 7) is 8.54. The fraction of sp³-hybridized carbons (Fsp3) is 0.391. The van der Waals surface area contributed by atoms with Gasteiger partial charge in [0.05, 0.1) is 7.11 Å². The summed E-state index contributed by atoms with van der Waals surface area (Å²) in [7, 11) is 1.59. The van der Waals surface area contributed by atoms with Gasteiger partial charge in [-0.1, -0.05) is 52.0 Å². The Morgan fingerprint density at radius 3 is 2.52 bits per heavy atom. The molecule has 1 atom stereocenters. The summed E-state index contributed by atoms with van der Waals surface area (Å²) in [4.78, 5) is 16.9. The zero-order valence-electron chi connectivity index (χ0n) is 16.7. The molecule has 0 spiro atoms. The van der Waals surface area contributed by atoms with Gasteiger partial charge < -0.3 is 9.15 Å². The molecule has 0 saturated heterocycles. The maximum absolute atomic E-state index is 12.7. The van der Waals surface area contributed by atoms with E-state index in [1.807, 2.05) is 19.1 Å². The van der Waals surface area contributed by atoms with Gasteiger partial charge in [0.15, 0.2) is 17.7 Å². The van der Waals surface area contributed by atoms with Crippen molar-refractivity contribution in [1.29, 1.82) is 0 Å². The van der Waals surface area contributed by atoms with Crippen LogP contribution < -0.4 is 4.74 Å². The number of oxazole rings is 1. The number of hydrogen-bond donors (Lipinski definition) is 0. The van der Waals surface area contributed by atoms with E-state index in [-0.39, 0.29) is 17.1 Å². The molecule has 0 N–H and O–H groups in total. The molecular weight excluding hydrogens is 338 g/mol. The van der Waals surface area contributed by atoms with Gasteiger partial charge in [-0.05, 0) is 40.7 Å². The van der Waals surface area contributed by atoms with Crippen molar-refractivity contribution in [2.45, 2.75) is 51.9 Å². The maximum atomic E-state index is 12.7. The predicted molar refractivity (Wildman–Crippen MR) is 107 cm³/mol. The highest BCUT2D eigenvalue weighted by atomic mass is 16.5. The van der Waals surface area contributed by atoms with E-state index in [1.165, 1.54) is 17.5 Å². The standard InChI is InChI=1S/C23H27NO3/c1-15(17-12-19-22(27-14-24-19)21(13-17)26-5)20(25)11-8-16-6-9-18(10-7-16)23(2,3)4/h6-7,9-10,12-15H,8,11H2,1-5H3. The van der Waals surface area contributed by atoms with Gasteiger partial charge in [-0.3, -0.25) is 4.79 Å². The summed E-state index contributed by atoms with van der Waals surface area (Å²) >= 11 is 0. The van der Waals surface area contributed by atoms with Crippen molar-refractivity contribution >= 4 is 16.9 Å². The second-order valence-corrected chi connectivity index (χ2v) is 8.06. The number of ether oxygens (including phenoxy) is 1. The topological polar surface area (TPSA) is 52.3 Å². The number of methoxy groups -OCH3 is 1. The van der Waals surface area contributed by atoms with Crippen LogP contribution in [-0.2, 0) is 16.6 Å². The van der Waals surface area contributed by atoms with E-state index in [0.717, 1.165) is 12.0 Å². The molecule has 3 rings (SSSR count). The van der Waals surface area contributed by atoms with E-state index in [1.54, 1.807) is 7.11 Å². The van der Waals surface area contributed by atoms with Crippen molar-refractivity contribution in [3.8, 4) is 5.75 Å². The molecule has 0 aliphatic heterocycles. The molecule has 0 aliphatic rings. The predicted octanol–water partition coefficient (Wildman–Crippen LogP) is 5.44. The molecule has 0 bridgehead atoms. The Morgan fingerprint density at radius 1 is 1.19 bits per heavy atom. The van der Waals surface area contributed by atoms with Crippen molar-refractivity contribution in [3.05, 3.63) is 59.5 Å². The third kappa shape index (κ3) is 4.21. The second kappa shape index (κ2) is 7.55. The lowest BCUT2D eigenvalue weighted by molar-refractivity contribution is -0.120. The van der Waals surface area contributed by atoms with Crippen molar-refractivity contribution in [3.63, 3.8) is 0 Å². The number of hydrogen-bond acceptors (Lipinski definition) is 4. The van der Waals surface area contributed by atoms with Crippen molar-refractivity contribution in [1.82, 2.24) is 4.98 Å². The SMILES string of the molecule is COc1cc(C(C)C(=O)CCc2ccc(C(C)(C)C)cc2)cc2ncoc12. The number of ketones is 1. The van der Waals surface area contributed by atoms with Gasteiger partial charge in [-0.15, -0.1) is 0 Å². The molecular formula is C23H27NO3. The highest BCUT2D eigenvalue weighted by Gasteiger charge is 2.19. The van der Waals surface area contributed by atoms with Crippen LogP contribution in [0.1, 0.15) is 56.7 Å². The first-order valence-electron chi connectivity index (χ1n) is 9.33. The van der Waals surface area contributed by atoms with Crippen LogP contribution in [0.2, 0.25) is 0 Å². The van der Waals surface area contributed by atoms with Crippen LogP contribution in [0.3, 0.4) is 0 Å². The van der Waals surface area contributed by atoms with Gasteiger partial charge in [0.1, 0.15) is 11.3 Å². The minimum atomic E-state index is -0.214. The normalized spacial score (nSPS) is 12.9. The molecule has 1 heterocycles. The van der Waals surface area contributed by atoms with Crippen LogP contribution in [0.4, 0.5) is 0 Å². The molecule has 4 heteroatoms. The molecule has 2 aromatic carbocycles. The maximum Gasteiger partial charge on any atom is 0.196 e. The van der Waals surface area contributed by atoms with Gasteiger partial charge in [-0.2, -0.15) is 0 Å². The van der Waals surface area contributed by atoms with Crippen LogP contribution >= 0.6 is 0 Å². The number of rotatable bonds is 6. The number of carbonyl (C=O) groups is 1. The van der Waals surface area contributed by atoms with Crippen molar-refractivity contribution in [2.75, 3.05) is 7.11 Å². The fourth-order valence-electron chi connectivity index (χ4n) is 3.20. The molecule has 0 fully saturated rings. The first-order valence-corrected chi connectivity index (χ1v) is 9.33. The Morgan fingerprint density at radius 2 is 1.89 bits per heavy atom. The lowest BCUT2D eigenvalue weighted by Gasteiger charge is -2.19.